The molecule has 0 unspecified atom stereocenters. The van der Waals surface area contributed by atoms with Crippen LogP contribution in [0.2, 0.25) is 5.02 Å². The van der Waals surface area contributed by atoms with Crippen LogP contribution in [0, 0.1) is 0 Å². The second-order valence-corrected chi connectivity index (χ2v) is 6.99. The molecular formula is C12H14ClN3O2S. The molecule has 102 valence electrons. The Hall–Kier alpha value is -1.53. The zero-order chi connectivity index (χ0) is 14.2. The topological polar surface area (TPSA) is 78.0 Å². The molecule has 7 heteroatoms. The highest BCUT2D eigenvalue weighted by atomic mass is 35.5. The van der Waals surface area contributed by atoms with Gasteiger partial charge in [-0.15, -0.1) is 0 Å². The molecule has 0 aliphatic carbocycles. The number of anilines is 1. The minimum Gasteiger partial charge on any atom is -0.383 e. The summed E-state index contributed by atoms with van der Waals surface area (Å²) in [4.78, 5) is 0. The summed E-state index contributed by atoms with van der Waals surface area (Å²) in [5.74, 6) is 0.265. The monoisotopic (exact) mass is 299 g/mol. The molecule has 19 heavy (non-hydrogen) atoms. The van der Waals surface area contributed by atoms with Gasteiger partial charge in [0.05, 0.1) is 11.4 Å². The Kier molecular flexibility index (Phi) is 3.56. The predicted molar refractivity (Wildman–Crippen MR) is 76.6 cm³/mol. The van der Waals surface area contributed by atoms with Crippen molar-refractivity contribution in [1.29, 1.82) is 0 Å². The first-order chi connectivity index (χ1) is 8.78. The third-order valence-corrected chi connectivity index (χ3v) is 3.71. The Bertz CT molecular complexity index is 723. The fourth-order valence-electron chi connectivity index (χ4n) is 1.90. The molecule has 2 aromatic rings. The molecule has 0 saturated heterocycles. The number of hydrogen-bond acceptors (Lipinski definition) is 4. The van der Waals surface area contributed by atoms with Crippen molar-refractivity contribution in [2.45, 2.75) is 5.75 Å². The van der Waals surface area contributed by atoms with Crippen LogP contribution in [0.3, 0.4) is 0 Å². The molecule has 0 aliphatic rings. The van der Waals surface area contributed by atoms with Crippen LogP contribution in [0.25, 0.3) is 11.1 Å². The van der Waals surface area contributed by atoms with E-state index in [1.54, 1.807) is 25.2 Å². The van der Waals surface area contributed by atoms with Crippen LogP contribution in [0.5, 0.6) is 0 Å². The number of sulfone groups is 1. The van der Waals surface area contributed by atoms with Gasteiger partial charge in [-0.3, -0.25) is 4.68 Å². The normalized spacial score (nSPS) is 11.7. The quantitative estimate of drug-likeness (QED) is 0.938. The second-order valence-electron chi connectivity index (χ2n) is 4.41. The molecule has 0 radical (unpaired) electrons. The van der Waals surface area contributed by atoms with E-state index in [1.165, 1.54) is 10.9 Å². The fourth-order valence-corrected chi connectivity index (χ4v) is 2.79. The Labute approximate surface area is 116 Å². The predicted octanol–water partition coefficient (Wildman–Crippen LogP) is 1.87. The van der Waals surface area contributed by atoms with Crippen molar-refractivity contribution >= 4 is 27.3 Å². The third-order valence-electron chi connectivity index (χ3n) is 2.68. The standard InChI is InChI=1S/C12H14ClN3O2S/c1-16-12(14)11(8-4-3-5-9(13)6-8)10(15-16)7-19(2,17)18/h3-6H,7,14H2,1-2H3. The molecule has 1 aromatic carbocycles. The highest BCUT2D eigenvalue weighted by Gasteiger charge is 2.19. The molecule has 0 bridgehead atoms. The Morgan fingerprint density at radius 1 is 1.42 bits per heavy atom. The summed E-state index contributed by atoms with van der Waals surface area (Å²) >= 11 is 5.95. The van der Waals surface area contributed by atoms with Crippen molar-refractivity contribution in [3.05, 3.63) is 35.0 Å². The summed E-state index contributed by atoms with van der Waals surface area (Å²) in [7, 11) is -1.51. The van der Waals surface area contributed by atoms with Crippen LogP contribution in [0.4, 0.5) is 5.82 Å². The molecule has 2 N–H and O–H groups in total. The van der Waals surface area contributed by atoms with Gasteiger partial charge < -0.3 is 5.73 Å². The van der Waals surface area contributed by atoms with E-state index in [-0.39, 0.29) is 5.75 Å². The van der Waals surface area contributed by atoms with E-state index in [0.29, 0.717) is 22.1 Å². The number of rotatable bonds is 3. The van der Waals surface area contributed by atoms with Crippen LogP contribution >= 0.6 is 11.6 Å². The average molecular weight is 300 g/mol. The summed E-state index contributed by atoms with van der Waals surface area (Å²) in [5.41, 5.74) is 7.78. The van der Waals surface area contributed by atoms with Crippen molar-refractivity contribution in [3.63, 3.8) is 0 Å². The van der Waals surface area contributed by atoms with Gasteiger partial charge in [-0.05, 0) is 17.7 Å². The summed E-state index contributed by atoms with van der Waals surface area (Å²) in [6.45, 7) is 0. The van der Waals surface area contributed by atoms with E-state index in [0.717, 1.165) is 5.56 Å². The number of benzene rings is 1. The molecule has 0 spiro atoms. The van der Waals surface area contributed by atoms with Crippen LogP contribution < -0.4 is 5.73 Å². The molecule has 0 amide bonds. The zero-order valence-electron chi connectivity index (χ0n) is 10.6. The van der Waals surface area contributed by atoms with Crippen molar-refractivity contribution < 1.29 is 8.42 Å². The average Bonchev–Trinajstić information content (AvgIpc) is 2.52. The molecular weight excluding hydrogens is 286 g/mol. The second kappa shape index (κ2) is 4.86. The molecule has 0 saturated carbocycles. The Morgan fingerprint density at radius 3 is 2.68 bits per heavy atom. The molecule has 0 aliphatic heterocycles. The molecule has 1 aromatic heterocycles. The number of hydrogen-bond donors (Lipinski definition) is 1. The Morgan fingerprint density at radius 2 is 2.11 bits per heavy atom. The fraction of sp³-hybridized carbons (Fsp3) is 0.250. The van der Waals surface area contributed by atoms with Crippen molar-refractivity contribution in [2.75, 3.05) is 12.0 Å². The number of aryl methyl sites for hydroxylation is 1. The van der Waals surface area contributed by atoms with Gasteiger partial charge in [0, 0.05) is 23.9 Å². The largest absolute Gasteiger partial charge is 0.383 e. The maximum Gasteiger partial charge on any atom is 0.153 e. The lowest BCUT2D eigenvalue weighted by Gasteiger charge is -2.04. The van der Waals surface area contributed by atoms with Gasteiger partial charge in [0.1, 0.15) is 5.82 Å². The number of halogens is 1. The molecule has 5 nitrogen and oxygen atoms in total. The highest BCUT2D eigenvalue weighted by molar-refractivity contribution is 7.89. The summed E-state index contributed by atoms with van der Waals surface area (Å²) in [6.07, 6.45) is 1.17. The van der Waals surface area contributed by atoms with E-state index in [9.17, 15) is 8.42 Å². The van der Waals surface area contributed by atoms with E-state index in [2.05, 4.69) is 5.10 Å². The summed E-state index contributed by atoms with van der Waals surface area (Å²) in [6, 6.07) is 7.09. The summed E-state index contributed by atoms with van der Waals surface area (Å²) in [5, 5.41) is 4.73. The van der Waals surface area contributed by atoms with Crippen LogP contribution in [-0.4, -0.2) is 24.5 Å². The van der Waals surface area contributed by atoms with Gasteiger partial charge in [-0.25, -0.2) is 8.42 Å². The Balaban J connectivity index is 2.62. The number of nitrogens with two attached hydrogens (primary N) is 1. The number of nitrogen functional groups attached to an aromatic ring is 1. The van der Waals surface area contributed by atoms with Crippen molar-refractivity contribution in [2.24, 2.45) is 7.05 Å². The van der Waals surface area contributed by atoms with Crippen molar-refractivity contribution in [3.8, 4) is 11.1 Å². The van der Waals surface area contributed by atoms with Crippen LogP contribution in [0.15, 0.2) is 24.3 Å². The first kappa shape index (κ1) is 13.9. The lowest BCUT2D eigenvalue weighted by atomic mass is 10.1. The lowest BCUT2D eigenvalue weighted by Crippen LogP contribution is -2.03. The molecule has 2 rings (SSSR count). The van der Waals surface area contributed by atoms with E-state index in [1.807, 2.05) is 6.07 Å². The zero-order valence-corrected chi connectivity index (χ0v) is 12.2. The van der Waals surface area contributed by atoms with E-state index < -0.39 is 9.84 Å². The van der Waals surface area contributed by atoms with E-state index in [4.69, 9.17) is 17.3 Å². The SMILES string of the molecule is Cn1nc(CS(C)(=O)=O)c(-c2cccc(Cl)c2)c1N. The van der Waals surface area contributed by atoms with Crippen molar-refractivity contribution in [1.82, 2.24) is 9.78 Å². The molecule has 0 fully saturated rings. The van der Waals surface area contributed by atoms with Gasteiger partial charge in [-0.1, -0.05) is 23.7 Å². The number of nitrogens with zero attached hydrogens (tertiary/aromatic N) is 2. The van der Waals surface area contributed by atoms with Crippen LogP contribution in [-0.2, 0) is 22.6 Å². The maximum atomic E-state index is 11.5. The minimum atomic E-state index is -3.19. The van der Waals surface area contributed by atoms with Gasteiger partial charge in [-0.2, -0.15) is 5.10 Å². The van der Waals surface area contributed by atoms with Crippen LogP contribution in [0.1, 0.15) is 5.69 Å². The van der Waals surface area contributed by atoms with Gasteiger partial charge >= 0.3 is 0 Å². The first-order valence-corrected chi connectivity index (χ1v) is 7.97. The minimum absolute atomic E-state index is 0.153. The number of aromatic nitrogens is 2. The van der Waals surface area contributed by atoms with Gasteiger partial charge in [0.25, 0.3) is 0 Å². The summed E-state index contributed by atoms with van der Waals surface area (Å²) < 4.78 is 24.4. The lowest BCUT2D eigenvalue weighted by molar-refractivity contribution is 0.600. The third kappa shape index (κ3) is 3.08. The maximum absolute atomic E-state index is 11.5. The smallest absolute Gasteiger partial charge is 0.153 e. The first-order valence-electron chi connectivity index (χ1n) is 5.53. The van der Waals surface area contributed by atoms with Gasteiger partial charge in [0.15, 0.2) is 9.84 Å². The molecule has 1 heterocycles. The highest BCUT2D eigenvalue weighted by Crippen LogP contribution is 2.31. The molecule has 0 atom stereocenters. The van der Waals surface area contributed by atoms with E-state index >= 15 is 0 Å². The van der Waals surface area contributed by atoms with Gasteiger partial charge in [0.2, 0.25) is 0 Å².